The Balaban J connectivity index is 1.12. The number of likely N-dealkylation sites (tertiary alicyclic amines) is 1. The molecule has 0 spiro atoms. The molecule has 5 rings (SSSR count). The first-order valence-electron chi connectivity index (χ1n) is 12.4. The van der Waals surface area contributed by atoms with Crippen molar-refractivity contribution in [1.29, 1.82) is 0 Å². The molecule has 2 saturated heterocycles. The molecule has 2 fully saturated rings. The third-order valence-corrected chi connectivity index (χ3v) is 7.49. The molecule has 2 aliphatic heterocycles. The minimum absolute atomic E-state index is 0.0855. The van der Waals surface area contributed by atoms with E-state index in [1.165, 1.54) is 11.3 Å². The van der Waals surface area contributed by atoms with Gasteiger partial charge in [0, 0.05) is 48.7 Å². The van der Waals surface area contributed by atoms with Gasteiger partial charge >= 0.3 is 0 Å². The number of benzene rings is 2. The van der Waals surface area contributed by atoms with Crippen LogP contribution >= 0.6 is 0 Å². The van der Waals surface area contributed by atoms with Crippen molar-refractivity contribution in [1.82, 2.24) is 19.8 Å². The van der Waals surface area contributed by atoms with Gasteiger partial charge in [-0.1, -0.05) is 42.5 Å². The number of amides is 1. The number of hydrogen-bond acceptors (Lipinski definition) is 4. The SMILES string of the molecule is Cc1cncn1C1CCN(C(=O)c2ccc(C[C@@H]3CC[C@H]([C@H](O)c4ccccc4)N3)cc2)CC1. The maximum absolute atomic E-state index is 13.0. The molecule has 1 amide bonds. The molecule has 0 radical (unpaired) electrons. The number of aromatic nitrogens is 2. The maximum atomic E-state index is 13.0. The van der Waals surface area contributed by atoms with Gasteiger partial charge in [-0.15, -0.1) is 0 Å². The molecule has 6 nitrogen and oxygen atoms in total. The minimum atomic E-state index is -0.479. The van der Waals surface area contributed by atoms with Gasteiger partial charge in [0.25, 0.3) is 5.91 Å². The van der Waals surface area contributed by atoms with E-state index in [-0.39, 0.29) is 11.9 Å². The third-order valence-electron chi connectivity index (χ3n) is 7.49. The van der Waals surface area contributed by atoms with Crippen LogP contribution in [0.4, 0.5) is 0 Å². The van der Waals surface area contributed by atoms with Crippen LogP contribution in [0.2, 0.25) is 0 Å². The fraction of sp³-hybridized carbons (Fsp3) is 0.429. The van der Waals surface area contributed by atoms with E-state index in [9.17, 15) is 9.90 Å². The van der Waals surface area contributed by atoms with Gasteiger partial charge in [0.15, 0.2) is 0 Å². The summed E-state index contributed by atoms with van der Waals surface area (Å²) in [5.41, 5.74) is 4.13. The van der Waals surface area contributed by atoms with E-state index >= 15 is 0 Å². The van der Waals surface area contributed by atoms with Crippen LogP contribution in [0, 0.1) is 6.92 Å². The third kappa shape index (κ3) is 4.93. The number of aryl methyl sites for hydroxylation is 1. The maximum Gasteiger partial charge on any atom is 0.253 e. The predicted octanol–water partition coefficient (Wildman–Crippen LogP) is 4.07. The molecule has 0 aliphatic carbocycles. The summed E-state index contributed by atoms with van der Waals surface area (Å²) in [7, 11) is 0. The summed E-state index contributed by atoms with van der Waals surface area (Å²) >= 11 is 0. The van der Waals surface area contributed by atoms with Gasteiger partial charge in [0.1, 0.15) is 0 Å². The Bertz CT molecular complexity index is 1090. The number of aliphatic hydroxyl groups excluding tert-OH is 1. The Kier molecular flexibility index (Phi) is 6.79. The number of carbonyl (C=O) groups excluding carboxylic acids is 1. The van der Waals surface area contributed by atoms with Crippen LogP contribution in [0.1, 0.15) is 65.0 Å². The highest BCUT2D eigenvalue weighted by Gasteiger charge is 2.30. The van der Waals surface area contributed by atoms with E-state index in [0.717, 1.165) is 56.3 Å². The van der Waals surface area contributed by atoms with Gasteiger partial charge in [-0.05, 0) is 62.3 Å². The first-order chi connectivity index (χ1) is 16.6. The summed E-state index contributed by atoms with van der Waals surface area (Å²) in [5.74, 6) is 0.123. The number of nitrogens with zero attached hydrogens (tertiary/aromatic N) is 3. The lowest BCUT2D eigenvalue weighted by Gasteiger charge is -2.33. The number of rotatable bonds is 6. The van der Waals surface area contributed by atoms with Crippen molar-refractivity contribution in [2.75, 3.05) is 13.1 Å². The second-order valence-corrected chi connectivity index (χ2v) is 9.77. The second-order valence-electron chi connectivity index (χ2n) is 9.77. The highest BCUT2D eigenvalue weighted by atomic mass is 16.3. The predicted molar refractivity (Wildman–Crippen MR) is 133 cm³/mol. The average Bonchev–Trinajstić information content (AvgIpc) is 3.53. The van der Waals surface area contributed by atoms with Crippen molar-refractivity contribution in [2.24, 2.45) is 0 Å². The molecule has 2 aromatic carbocycles. The Labute approximate surface area is 201 Å². The van der Waals surface area contributed by atoms with E-state index in [2.05, 4.69) is 33.9 Å². The van der Waals surface area contributed by atoms with E-state index < -0.39 is 6.10 Å². The fourth-order valence-electron chi connectivity index (χ4n) is 5.49. The van der Waals surface area contributed by atoms with Crippen LogP contribution in [0.5, 0.6) is 0 Å². The standard InChI is InChI=1S/C28H34N4O2/c1-20-18-29-19-32(20)25-13-15-31(16-14-25)28(34)23-9-7-21(8-10-23)17-24-11-12-26(30-24)27(33)22-5-3-2-4-6-22/h2-10,18-19,24-27,30,33H,11-17H2,1H3/t24-,26+,27+/m0/s1. The lowest BCUT2D eigenvalue weighted by atomic mass is 10.00. The molecule has 1 aromatic heterocycles. The Hall–Kier alpha value is -2.96. The monoisotopic (exact) mass is 458 g/mol. The number of carbonyl (C=O) groups is 1. The summed E-state index contributed by atoms with van der Waals surface area (Å²) in [4.78, 5) is 19.2. The van der Waals surface area contributed by atoms with Gasteiger partial charge in [-0.3, -0.25) is 4.79 Å². The minimum Gasteiger partial charge on any atom is -0.387 e. The number of aliphatic hydroxyl groups is 1. The first kappa shape index (κ1) is 22.8. The van der Waals surface area contributed by atoms with Gasteiger partial charge in [-0.2, -0.15) is 0 Å². The Morgan fingerprint density at radius 3 is 2.47 bits per heavy atom. The second kappa shape index (κ2) is 10.1. The smallest absolute Gasteiger partial charge is 0.253 e. The van der Waals surface area contributed by atoms with E-state index in [0.29, 0.717) is 12.1 Å². The Morgan fingerprint density at radius 2 is 1.79 bits per heavy atom. The molecule has 6 heteroatoms. The van der Waals surface area contributed by atoms with Crippen LogP contribution in [0.3, 0.4) is 0 Å². The molecule has 0 bridgehead atoms. The lowest BCUT2D eigenvalue weighted by molar-refractivity contribution is 0.0694. The zero-order valence-electron chi connectivity index (χ0n) is 19.8. The van der Waals surface area contributed by atoms with E-state index in [1.54, 1.807) is 0 Å². The molecule has 2 aliphatic rings. The molecule has 3 aromatic rings. The van der Waals surface area contributed by atoms with Gasteiger partial charge in [0.2, 0.25) is 0 Å². The molecule has 0 unspecified atom stereocenters. The topological polar surface area (TPSA) is 70.4 Å². The highest BCUT2D eigenvalue weighted by Crippen LogP contribution is 2.27. The summed E-state index contributed by atoms with van der Waals surface area (Å²) in [6, 6.07) is 18.8. The largest absolute Gasteiger partial charge is 0.387 e. The van der Waals surface area contributed by atoms with Crippen molar-refractivity contribution < 1.29 is 9.90 Å². The Morgan fingerprint density at radius 1 is 1.06 bits per heavy atom. The van der Waals surface area contributed by atoms with Gasteiger partial charge in [-0.25, -0.2) is 4.98 Å². The number of hydrogen-bond donors (Lipinski definition) is 2. The van der Waals surface area contributed by atoms with Crippen molar-refractivity contribution >= 4 is 5.91 Å². The van der Waals surface area contributed by atoms with Gasteiger partial charge in [0.05, 0.1) is 12.4 Å². The zero-order chi connectivity index (χ0) is 23.5. The first-order valence-corrected chi connectivity index (χ1v) is 12.4. The molecule has 3 atom stereocenters. The summed E-state index contributed by atoms with van der Waals surface area (Å²) in [5, 5.41) is 14.3. The number of nitrogens with one attached hydrogen (secondary N) is 1. The quantitative estimate of drug-likeness (QED) is 0.584. The molecular weight excluding hydrogens is 424 g/mol. The molecule has 3 heterocycles. The van der Waals surface area contributed by atoms with Gasteiger partial charge < -0.3 is 19.9 Å². The van der Waals surface area contributed by atoms with Crippen LogP contribution < -0.4 is 5.32 Å². The van der Waals surface area contributed by atoms with Crippen LogP contribution in [-0.4, -0.2) is 50.6 Å². The number of imidazole rings is 1. The molecule has 2 N–H and O–H groups in total. The fourth-order valence-corrected chi connectivity index (χ4v) is 5.49. The van der Waals surface area contributed by atoms with Crippen molar-refractivity contribution in [2.45, 2.75) is 63.3 Å². The summed E-state index contributed by atoms with van der Waals surface area (Å²) in [6.45, 7) is 3.64. The summed E-state index contributed by atoms with van der Waals surface area (Å²) < 4.78 is 2.23. The molecule has 178 valence electrons. The van der Waals surface area contributed by atoms with Crippen LogP contribution in [0.15, 0.2) is 67.1 Å². The molecule has 0 saturated carbocycles. The van der Waals surface area contributed by atoms with Crippen molar-refractivity contribution in [3.8, 4) is 0 Å². The zero-order valence-corrected chi connectivity index (χ0v) is 19.8. The lowest BCUT2D eigenvalue weighted by Crippen LogP contribution is -2.39. The van der Waals surface area contributed by atoms with Crippen molar-refractivity contribution in [3.63, 3.8) is 0 Å². The van der Waals surface area contributed by atoms with Crippen LogP contribution in [0.25, 0.3) is 0 Å². The normalized spacial score (nSPS) is 22.1. The van der Waals surface area contributed by atoms with Crippen molar-refractivity contribution in [3.05, 3.63) is 89.5 Å². The highest BCUT2D eigenvalue weighted by molar-refractivity contribution is 5.94. The number of piperidine rings is 1. The molecular formula is C28H34N4O2. The van der Waals surface area contributed by atoms with E-state index in [4.69, 9.17) is 0 Å². The summed E-state index contributed by atoms with van der Waals surface area (Å²) in [6.07, 6.45) is 8.16. The van der Waals surface area contributed by atoms with Crippen LogP contribution in [-0.2, 0) is 6.42 Å². The molecule has 34 heavy (non-hydrogen) atoms. The average molecular weight is 459 g/mol. The van der Waals surface area contributed by atoms with E-state index in [1.807, 2.05) is 59.9 Å².